The molecule has 0 unspecified atom stereocenters. The van der Waals surface area contributed by atoms with E-state index in [1.54, 1.807) is 0 Å². The fraction of sp³-hybridized carbons (Fsp3) is 0. The van der Waals surface area contributed by atoms with E-state index in [4.69, 9.17) is 9.97 Å². The highest BCUT2D eigenvalue weighted by Gasteiger charge is 2.29. The Labute approximate surface area is 396 Å². The molecule has 0 spiro atoms. The Hall–Kier alpha value is -9.12. The van der Waals surface area contributed by atoms with Crippen molar-refractivity contribution in [3.63, 3.8) is 0 Å². The smallest absolute Gasteiger partial charge is 0.160 e. The van der Waals surface area contributed by atoms with Crippen molar-refractivity contribution in [1.29, 1.82) is 0 Å². The van der Waals surface area contributed by atoms with Crippen LogP contribution in [0.5, 0.6) is 0 Å². The first-order valence-corrected chi connectivity index (χ1v) is 23.2. The monoisotopic (exact) mass is 866 g/mol. The Kier molecular flexibility index (Phi) is 9.47. The minimum atomic E-state index is 0.680. The molecule has 2 aliphatic heterocycles. The zero-order valence-electron chi connectivity index (χ0n) is 37.0. The van der Waals surface area contributed by atoms with E-state index in [2.05, 4.69) is 252 Å². The predicted molar refractivity (Wildman–Crippen MR) is 282 cm³/mol. The fourth-order valence-corrected chi connectivity index (χ4v) is 10.2. The molecule has 2 aliphatic rings. The highest BCUT2D eigenvalue weighted by atomic mass is 15.2. The van der Waals surface area contributed by atoms with Crippen LogP contribution in [0.15, 0.2) is 255 Å². The molecule has 11 aromatic rings. The largest absolute Gasteiger partial charge is 0.309 e. The van der Waals surface area contributed by atoms with E-state index in [-0.39, 0.29) is 0 Å². The van der Waals surface area contributed by atoms with Crippen molar-refractivity contribution in [2.24, 2.45) is 0 Å². The number of anilines is 6. The summed E-state index contributed by atoms with van der Waals surface area (Å²) >= 11 is 0. The molecule has 4 heteroatoms. The van der Waals surface area contributed by atoms with Gasteiger partial charge in [-0.05, 0) is 112 Å². The van der Waals surface area contributed by atoms with Gasteiger partial charge in [0.15, 0.2) is 5.82 Å². The van der Waals surface area contributed by atoms with Gasteiger partial charge in [0.1, 0.15) is 0 Å². The van der Waals surface area contributed by atoms with Gasteiger partial charge >= 0.3 is 0 Å². The third-order valence-electron chi connectivity index (χ3n) is 13.4. The van der Waals surface area contributed by atoms with Crippen LogP contribution in [0, 0.1) is 0 Å². The van der Waals surface area contributed by atoms with Crippen LogP contribution in [-0.4, -0.2) is 9.97 Å². The van der Waals surface area contributed by atoms with Gasteiger partial charge in [-0.3, -0.25) is 0 Å². The lowest BCUT2D eigenvalue weighted by molar-refractivity contribution is 1.18. The first-order chi connectivity index (χ1) is 33.7. The molecule has 318 valence electrons. The summed E-state index contributed by atoms with van der Waals surface area (Å²) in [6.07, 6.45) is 0. The molecule has 0 N–H and O–H groups in total. The normalized spacial score (nSPS) is 12.1. The number of para-hydroxylation sites is 3. The summed E-state index contributed by atoms with van der Waals surface area (Å²) in [4.78, 5) is 15.3. The second-order valence-electron chi connectivity index (χ2n) is 17.3. The molecule has 0 atom stereocenters. The zero-order chi connectivity index (χ0) is 45.0. The van der Waals surface area contributed by atoms with Crippen molar-refractivity contribution in [3.8, 4) is 89.5 Å². The van der Waals surface area contributed by atoms with Crippen molar-refractivity contribution < 1.29 is 0 Å². The Bertz CT molecular complexity index is 3620. The van der Waals surface area contributed by atoms with Gasteiger partial charge in [-0.15, -0.1) is 0 Å². The highest BCUT2D eigenvalue weighted by molar-refractivity contribution is 6.06. The molecule has 68 heavy (non-hydrogen) atoms. The van der Waals surface area contributed by atoms with Gasteiger partial charge in [-0.2, -0.15) is 0 Å². The average molecular weight is 867 g/mol. The zero-order valence-corrected chi connectivity index (χ0v) is 37.0. The van der Waals surface area contributed by atoms with Crippen LogP contribution in [0.25, 0.3) is 89.5 Å². The number of hydrogen-bond donors (Lipinski definition) is 0. The standard InChI is InChI=1S/C64H42N4/c1-5-19-43(20-6-1)58-42-59(44-21-7-2-8-22-44)66-64(65-58)47-35-38-63-57(41-47)53-30-16-15-29-52(53)56-40-46(34-37-62(56)68(63)49-25-11-4-12-26-49)45-33-36-61-55(39-45)51-28-14-13-27-50(51)54-31-17-18-32-60(54)67(61)48-23-9-3-10-24-48/h1-42H. The second kappa shape index (κ2) is 16.4. The number of aromatic nitrogens is 2. The van der Waals surface area contributed by atoms with Crippen LogP contribution in [0.1, 0.15) is 0 Å². The van der Waals surface area contributed by atoms with Gasteiger partial charge in [-0.25, -0.2) is 9.97 Å². The van der Waals surface area contributed by atoms with E-state index in [0.717, 1.165) is 95.6 Å². The van der Waals surface area contributed by atoms with E-state index >= 15 is 0 Å². The van der Waals surface area contributed by atoms with Gasteiger partial charge in [0, 0.05) is 50.3 Å². The number of nitrogens with zero attached hydrogens (tertiary/aromatic N) is 4. The molecule has 0 saturated carbocycles. The molecule has 0 amide bonds. The lowest BCUT2D eigenvalue weighted by Crippen LogP contribution is -2.11. The van der Waals surface area contributed by atoms with E-state index in [1.165, 1.54) is 22.3 Å². The molecule has 1 aromatic heterocycles. The van der Waals surface area contributed by atoms with E-state index in [9.17, 15) is 0 Å². The van der Waals surface area contributed by atoms with Crippen LogP contribution in [0.3, 0.4) is 0 Å². The maximum Gasteiger partial charge on any atom is 0.160 e. The van der Waals surface area contributed by atoms with Crippen LogP contribution in [0.2, 0.25) is 0 Å². The fourth-order valence-electron chi connectivity index (χ4n) is 10.2. The third kappa shape index (κ3) is 6.69. The van der Waals surface area contributed by atoms with Gasteiger partial charge in [-0.1, -0.05) is 176 Å². The number of fused-ring (bicyclic) bond motifs is 10. The summed E-state index contributed by atoms with van der Waals surface area (Å²) in [5.41, 5.74) is 23.2. The molecular formula is C64H42N4. The van der Waals surface area contributed by atoms with Gasteiger partial charge in [0.2, 0.25) is 0 Å². The van der Waals surface area contributed by atoms with Gasteiger partial charge in [0.25, 0.3) is 0 Å². The molecule has 4 nitrogen and oxygen atoms in total. The molecule has 0 bridgehead atoms. The third-order valence-corrected chi connectivity index (χ3v) is 13.4. The van der Waals surface area contributed by atoms with Gasteiger partial charge < -0.3 is 9.80 Å². The molecular weight excluding hydrogens is 825 g/mol. The second-order valence-corrected chi connectivity index (χ2v) is 17.3. The van der Waals surface area contributed by atoms with Crippen LogP contribution < -0.4 is 9.80 Å². The molecule has 0 radical (unpaired) electrons. The van der Waals surface area contributed by atoms with Crippen molar-refractivity contribution in [2.75, 3.05) is 9.80 Å². The summed E-state index contributed by atoms with van der Waals surface area (Å²) in [5, 5.41) is 0. The van der Waals surface area contributed by atoms with Crippen molar-refractivity contribution in [1.82, 2.24) is 9.97 Å². The molecule has 0 fully saturated rings. The Balaban J connectivity index is 0.992. The summed E-state index contributed by atoms with van der Waals surface area (Å²) < 4.78 is 0. The Morgan fingerprint density at radius 2 is 0.544 bits per heavy atom. The molecule has 0 aliphatic carbocycles. The van der Waals surface area contributed by atoms with Crippen molar-refractivity contribution in [2.45, 2.75) is 0 Å². The predicted octanol–water partition coefficient (Wildman–Crippen LogP) is 17.4. The number of rotatable bonds is 6. The van der Waals surface area contributed by atoms with Crippen LogP contribution in [0.4, 0.5) is 34.1 Å². The Morgan fingerprint density at radius 1 is 0.221 bits per heavy atom. The van der Waals surface area contributed by atoms with Crippen LogP contribution in [-0.2, 0) is 0 Å². The lowest BCUT2D eigenvalue weighted by Gasteiger charge is -2.28. The maximum atomic E-state index is 5.25. The molecule has 0 saturated heterocycles. The first kappa shape index (κ1) is 39.3. The topological polar surface area (TPSA) is 32.3 Å². The minimum Gasteiger partial charge on any atom is -0.309 e. The van der Waals surface area contributed by atoms with Gasteiger partial charge in [0.05, 0.1) is 34.1 Å². The van der Waals surface area contributed by atoms with E-state index in [1.807, 2.05) is 12.1 Å². The SMILES string of the molecule is c1ccc(-c2cc(-c3ccccc3)nc(-c3ccc4c(c3)-c3ccccc3-c3cc(-c5ccc6c(c5)-c5ccccc5-c5ccccc5N6c5ccccc5)ccc3N4c3ccccc3)n2)cc1. The molecule has 13 rings (SSSR count). The summed E-state index contributed by atoms with van der Waals surface area (Å²) in [6, 6.07) is 91.4. The summed E-state index contributed by atoms with van der Waals surface area (Å²) in [6.45, 7) is 0. The quantitative estimate of drug-likeness (QED) is 0.167. The lowest BCUT2D eigenvalue weighted by atomic mass is 9.90. The van der Waals surface area contributed by atoms with Crippen molar-refractivity contribution >= 4 is 34.1 Å². The first-order valence-electron chi connectivity index (χ1n) is 23.2. The molecule has 3 heterocycles. The van der Waals surface area contributed by atoms with Crippen molar-refractivity contribution in [3.05, 3.63) is 255 Å². The van der Waals surface area contributed by atoms with Crippen LogP contribution >= 0.6 is 0 Å². The average Bonchev–Trinajstić information content (AvgIpc) is 3.62. The van der Waals surface area contributed by atoms with E-state index in [0.29, 0.717) is 5.82 Å². The number of benzene rings is 10. The highest BCUT2D eigenvalue weighted by Crippen LogP contribution is 2.54. The van der Waals surface area contributed by atoms with E-state index < -0.39 is 0 Å². The maximum absolute atomic E-state index is 5.25. The molecule has 10 aromatic carbocycles. The summed E-state index contributed by atoms with van der Waals surface area (Å²) in [5.74, 6) is 0.680. The Morgan fingerprint density at radius 3 is 0.985 bits per heavy atom. The minimum absolute atomic E-state index is 0.680. The summed E-state index contributed by atoms with van der Waals surface area (Å²) in [7, 11) is 0. The number of hydrogen-bond acceptors (Lipinski definition) is 4.